The van der Waals surface area contributed by atoms with E-state index in [1.165, 1.54) is 6.08 Å². The summed E-state index contributed by atoms with van der Waals surface area (Å²) in [6.07, 6.45) is 6.46. The molecule has 4 heteroatoms. The lowest BCUT2D eigenvalue weighted by Crippen LogP contribution is -1.95. The van der Waals surface area contributed by atoms with Gasteiger partial charge < -0.3 is 9.47 Å². The molecule has 4 nitrogen and oxygen atoms in total. The van der Waals surface area contributed by atoms with Crippen molar-refractivity contribution >= 4 is 11.9 Å². The standard InChI is InChI=1S/C17H17NO3/c1-12-16(20-2)10-13(11-17(12)21-3)4-5-15(19)14-6-8-18-9-7-14/h4-11H,1-3H3/b5-4+. The van der Waals surface area contributed by atoms with Gasteiger partial charge in [-0.3, -0.25) is 9.78 Å². The molecule has 1 aromatic carbocycles. The summed E-state index contributed by atoms with van der Waals surface area (Å²) in [5, 5.41) is 0. The molecule has 1 aromatic heterocycles. The monoisotopic (exact) mass is 283 g/mol. The number of carbonyl (C=O) groups is 1. The second-order valence-corrected chi connectivity index (χ2v) is 4.48. The van der Waals surface area contributed by atoms with E-state index in [0.717, 1.165) is 22.6 Å². The Kier molecular flexibility index (Phi) is 4.72. The largest absolute Gasteiger partial charge is 0.496 e. The lowest BCUT2D eigenvalue weighted by molar-refractivity contribution is 0.104. The summed E-state index contributed by atoms with van der Waals surface area (Å²) in [4.78, 5) is 15.9. The van der Waals surface area contributed by atoms with Gasteiger partial charge in [0.2, 0.25) is 0 Å². The lowest BCUT2D eigenvalue weighted by Gasteiger charge is -2.10. The van der Waals surface area contributed by atoms with E-state index in [0.29, 0.717) is 5.56 Å². The number of benzene rings is 1. The number of aromatic nitrogens is 1. The number of ketones is 1. The Hall–Kier alpha value is -2.62. The molecule has 108 valence electrons. The number of methoxy groups -OCH3 is 2. The van der Waals surface area contributed by atoms with E-state index in [4.69, 9.17) is 9.47 Å². The van der Waals surface area contributed by atoms with Gasteiger partial charge in [-0.2, -0.15) is 0 Å². The first-order valence-corrected chi connectivity index (χ1v) is 6.50. The van der Waals surface area contributed by atoms with Crippen LogP contribution in [0.4, 0.5) is 0 Å². The predicted molar refractivity (Wildman–Crippen MR) is 81.9 cm³/mol. The molecule has 0 saturated heterocycles. The SMILES string of the molecule is COc1cc(/C=C/C(=O)c2ccncc2)cc(OC)c1C. The van der Waals surface area contributed by atoms with Crippen LogP contribution in [0.2, 0.25) is 0 Å². The minimum atomic E-state index is -0.0732. The van der Waals surface area contributed by atoms with Gasteiger partial charge in [0, 0.05) is 23.5 Å². The number of allylic oxidation sites excluding steroid dienone is 1. The second kappa shape index (κ2) is 6.70. The van der Waals surface area contributed by atoms with Crippen LogP contribution in [0, 0.1) is 6.92 Å². The summed E-state index contributed by atoms with van der Waals surface area (Å²) in [7, 11) is 3.22. The van der Waals surface area contributed by atoms with Crippen molar-refractivity contribution in [3.63, 3.8) is 0 Å². The van der Waals surface area contributed by atoms with E-state index < -0.39 is 0 Å². The van der Waals surface area contributed by atoms with Crippen molar-refractivity contribution in [2.75, 3.05) is 14.2 Å². The molecule has 2 rings (SSSR count). The summed E-state index contributed by atoms with van der Waals surface area (Å²) < 4.78 is 10.6. The second-order valence-electron chi connectivity index (χ2n) is 4.48. The maximum atomic E-state index is 12.0. The number of hydrogen-bond acceptors (Lipinski definition) is 4. The van der Waals surface area contributed by atoms with E-state index in [1.807, 2.05) is 19.1 Å². The van der Waals surface area contributed by atoms with Gasteiger partial charge in [-0.05, 0) is 42.8 Å². The van der Waals surface area contributed by atoms with Gasteiger partial charge in [-0.15, -0.1) is 0 Å². The first kappa shape index (κ1) is 14.8. The van der Waals surface area contributed by atoms with Gasteiger partial charge in [-0.1, -0.05) is 6.08 Å². The van der Waals surface area contributed by atoms with Crippen molar-refractivity contribution in [2.24, 2.45) is 0 Å². The number of hydrogen-bond donors (Lipinski definition) is 0. The number of pyridine rings is 1. The van der Waals surface area contributed by atoms with Crippen molar-refractivity contribution < 1.29 is 14.3 Å². The van der Waals surface area contributed by atoms with E-state index >= 15 is 0 Å². The fourth-order valence-electron chi connectivity index (χ4n) is 1.99. The molecule has 0 atom stereocenters. The highest BCUT2D eigenvalue weighted by Crippen LogP contribution is 2.29. The van der Waals surface area contributed by atoms with Gasteiger partial charge in [0.25, 0.3) is 0 Å². The average Bonchev–Trinajstić information content (AvgIpc) is 2.54. The van der Waals surface area contributed by atoms with Crippen LogP contribution in [0.1, 0.15) is 21.5 Å². The molecule has 0 saturated carbocycles. The Morgan fingerprint density at radius 2 is 1.67 bits per heavy atom. The van der Waals surface area contributed by atoms with Crippen LogP contribution in [0.25, 0.3) is 6.08 Å². The first-order valence-electron chi connectivity index (χ1n) is 6.50. The molecule has 0 fully saturated rings. The zero-order chi connectivity index (χ0) is 15.2. The van der Waals surface area contributed by atoms with Gasteiger partial charge in [0.15, 0.2) is 5.78 Å². The third-order valence-electron chi connectivity index (χ3n) is 3.17. The van der Waals surface area contributed by atoms with Crippen molar-refractivity contribution in [1.82, 2.24) is 4.98 Å². The molecule has 21 heavy (non-hydrogen) atoms. The van der Waals surface area contributed by atoms with Crippen LogP contribution in [-0.4, -0.2) is 25.0 Å². The molecule has 0 spiro atoms. The fraction of sp³-hybridized carbons (Fsp3) is 0.176. The van der Waals surface area contributed by atoms with Crippen LogP contribution in [0.5, 0.6) is 11.5 Å². The summed E-state index contributed by atoms with van der Waals surface area (Å²) >= 11 is 0. The topological polar surface area (TPSA) is 48.4 Å². The van der Waals surface area contributed by atoms with Crippen LogP contribution < -0.4 is 9.47 Å². The smallest absolute Gasteiger partial charge is 0.185 e. The Bertz CT molecular complexity index is 638. The molecule has 0 bridgehead atoms. The third kappa shape index (κ3) is 3.48. The molecule has 0 aliphatic rings. The highest BCUT2D eigenvalue weighted by atomic mass is 16.5. The highest BCUT2D eigenvalue weighted by Gasteiger charge is 2.07. The summed E-state index contributed by atoms with van der Waals surface area (Å²) in [5.41, 5.74) is 2.38. The fourth-order valence-corrected chi connectivity index (χ4v) is 1.99. The maximum absolute atomic E-state index is 12.0. The predicted octanol–water partition coefficient (Wildman–Crippen LogP) is 3.30. The van der Waals surface area contributed by atoms with Gasteiger partial charge in [0.1, 0.15) is 11.5 Å². The van der Waals surface area contributed by atoms with E-state index in [9.17, 15) is 4.79 Å². The Labute approximate surface area is 124 Å². The Morgan fingerprint density at radius 1 is 1.10 bits per heavy atom. The van der Waals surface area contributed by atoms with Crippen LogP contribution in [0.15, 0.2) is 42.7 Å². The molecule has 2 aromatic rings. The van der Waals surface area contributed by atoms with E-state index in [1.54, 1.807) is 44.8 Å². The number of carbonyl (C=O) groups excluding carboxylic acids is 1. The van der Waals surface area contributed by atoms with Gasteiger partial charge >= 0.3 is 0 Å². The Morgan fingerprint density at radius 3 is 2.19 bits per heavy atom. The molecule has 0 N–H and O–H groups in total. The minimum Gasteiger partial charge on any atom is -0.496 e. The van der Waals surface area contributed by atoms with Crippen molar-refractivity contribution in [3.05, 3.63) is 59.4 Å². The zero-order valence-electron chi connectivity index (χ0n) is 12.3. The van der Waals surface area contributed by atoms with Crippen molar-refractivity contribution in [2.45, 2.75) is 6.92 Å². The molecule has 0 radical (unpaired) electrons. The molecule has 0 aliphatic heterocycles. The van der Waals surface area contributed by atoms with E-state index in [-0.39, 0.29) is 5.78 Å². The number of ether oxygens (including phenoxy) is 2. The van der Waals surface area contributed by atoms with E-state index in [2.05, 4.69) is 4.98 Å². The molecule has 0 aliphatic carbocycles. The molecule has 1 heterocycles. The number of rotatable bonds is 5. The van der Waals surface area contributed by atoms with Crippen molar-refractivity contribution in [3.8, 4) is 11.5 Å². The maximum Gasteiger partial charge on any atom is 0.185 e. The van der Waals surface area contributed by atoms with Gasteiger partial charge in [-0.25, -0.2) is 0 Å². The highest BCUT2D eigenvalue weighted by molar-refractivity contribution is 6.06. The van der Waals surface area contributed by atoms with Crippen LogP contribution in [0.3, 0.4) is 0 Å². The van der Waals surface area contributed by atoms with Crippen LogP contribution >= 0.6 is 0 Å². The van der Waals surface area contributed by atoms with Gasteiger partial charge in [0.05, 0.1) is 14.2 Å². The first-order chi connectivity index (χ1) is 10.2. The minimum absolute atomic E-state index is 0.0732. The zero-order valence-corrected chi connectivity index (χ0v) is 12.3. The summed E-state index contributed by atoms with van der Waals surface area (Å²) in [6.45, 7) is 1.92. The molecule has 0 amide bonds. The lowest BCUT2D eigenvalue weighted by atomic mass is 10.1. The Balaban J connectivity index is 2.27. The number of nitrogens with zero attached hydrogens (tertiary/aromatic N) is 1. The normalized spacial score (nSPS) is 10.6. The van der Waals surface area contributed by atoms with Crippen molar-refractivity contribution in [1.29, 1.82) is 0 Å². The summed E-state index contributed by atoms with van der Waals surface area (Å²) in [5.74, 6) is 1.38. The average molecular weight is 283 g/mol. The molecular weight excluding hydrogens is 266 g/mol. The molecular formula is C17H17NO3. The molecule has 0 unspecified atom stereocenters. The summed E-state index contributed by atoms with van der Waals surface area (Å²) in [6, 6.07) is 7.11. The quantitative estimate of drug-likeness (QED) is 0.624. The van der Waals surface area contributed by atoms with Crippen LogP contribution in [-0.2, 0) is 0 Å². The third-order valence-corrected chi connectivity index (χ3v) is 3.17.